The second-order valence-electron chi connectivity index (χ2n) is 3.51. The molecule has 0 heterocycles. The van der Waals surface area contributed by atoms with Crippen LogP contribution in [-0.2, 0) is 6.42 Å². The zero-order valence-corrected chi connectivity index (χ0v) is 12.0. The predicted octanol–water partition coefficient (Wildman–Crippen LogP) is 4.15. The Morgan fingerprint density at radius 1 is 1.00 bits per heavy atom. The molecule has 0 aromatic heterocycles. The Hall–Kier alpha value is 0.230. The molecule has 1 atom stereocenters. The summed E-state index contributed by atoms with van der Waals surface area (Å²) in [5.74, 6) is 0. The highest BCUT2D eigenvalue weighted by Crippen LogP contribution is 2.07. The molecule has 0 bridgehead atoms. The van der Waals surface area contributed by atoms with Gasteiger partial charge in [0, 0.05) is 0 Å². The number of hydrogen-bond donors (Lipinski definition) is 0. The van der Waals surface area contributed by atoms with E-state index < -0.39 is 0 Å². The fraction of sp³-hybridized carbons (Fsp3) is 0.500. The molecular weight excluding hydrogens is 246 g/mol. The smallest absolute Gasteiger partial charge is 0.0271 e. The second kappa shape index (κ2) is 10.7. The van der Waals surface area contributed by atoms with Gasteiger partial charge in [-0.3, -0.25) is 0 Å². The third-order valence-corrected chi connectivity index (χ3v) is 2.92. The maximum absolute atomic E-state index is 2.81. The van der Waals surface area contributed by atoms with E-state index in [1.165, 1.54) is 43.0 Å². The van der Waals surface area contributed by atoms with Gasteiger partial charge in [-0.2, -0.15) is 0 Å². The lowest BCUT2D eigenvalue weighted by atomic mass is 10.1. The Labute approximate surface area is 108 Å². The van der Waals surface area contributed by atoms with Crippen LogP contribution in [-0.4, -0.2) is 0 Å². The monoisotopic (exact) mass is 266 g/mol. The molecule has 0 amide bonds. The van der Waals surface area contributed by atoms with Crippen molar-refractivity contribution < 1.29 is 0 Å². The highest BCUT2D eigenvalue weighted by atomic mass is 35.5. The molecule has 1 aromatic carbocycles. The standard InChI is InChI=1S/C12H19P.2ClH/c1-2-3-4-5-8-11-9-6-7-10-12(11)13;;/h6-7,9-10H,2-5,8,13H2,1H3;2*1H. The fourth-order valence-electron chi connectivity index (χ4n) is 1.50. The average Bonchev–Trinajstić information content (AvgIpc) is 2.15. The van der Waals surface area contributed by atoms with Gasteiger partial charge in [-0.25, -0.2) is 0 Å². The first kappa shape index (κ1) is 17.6. The predicted molar refractivity (Wildman–Crippen MR) is 78.1 cm³/mol. The van der Waals surface area contributed by atoms with Crippen molar-refractivity contribution >= 4 is 39.4 Å². The first-order chi connectivity index (χ1) is 6.34. The number of benzene rings is 1. The summed E-state index contributed by atoms with van der Waals surface area (Å²) in [4.78, 5) is 0. The van der Waals surface area contributed by atoms with E-state index >= 15 is 0 Å². The summed E-state index contributed by atoms with van der Waals surface area (Å²) < 4.78 is 0. The van der Waals surface area contributed by atoms with Crippen molar-refractivity contribution in [3.8, 4) is 0 Å². The van der Waals surface area contributed by atoms with Crippen molar-refractivity contribution in [3.63, 3.8) is 0 Å². The van der Waals surface area contributed by atoms with Crippen molar-refractivity contribution in [2.75, 3.05) is 0 Å². The van der Waals surface area contributed by atoms with Crippen LogP contribution in [0.15, 0.2) is 24.3 Å². The maximum atomic E-state index is 2.81. The van der Waals surface area contributed by atoms with E-state index in [9.17, 15) is 0 Å². The van der Waals surface area contributed by atoms with Gasteiger partial charge in [0.05, 0.1) is 0 Å². The molecule has 15 heavy (non-hydrogen) atoms. The van der Waals surface area contributed by atoms with Crippen LogP contribution < -0.4 is 5.30 Å². The second-order valence-corrected chi connectivity index (χ2v) is 4.13. The highest BCUT2D eigenvalue weighted by molar-refractivity contribution is 7.27. The quantitative estimate of drug-likeness (QED) is 0.555. The molecule has 88 valence electrons. The van der Waals surface area contributed by atoms with E-state index in [4.69, 9.17) is 0 Å². The molecule has 3 heteroatoms. The number of hydrogen-bond acceptors (Lipinski definition) is 0. The lowest BCUT2D eigenvalue weighted by molar-refractivity contribution is 0.668. The first-order valence-electron chi connectivity index (χ1n) is 5.18. The summed E-state index contributed by atoms with van der Waals surface area (Å²) in [7, 11) is 2.81. The third-order valence-electron chi connectivity index (χ3n) is 2.35. The minimum Gasteiger partial charge on any atom is -0.147 e. The lowest BCUT2D eigenvalue weighted by Crippen LogP contribution is -2.00. The van der Waals surface area contributed by atoms with Crippen LogP contribution in [0.3, 0.4) is 0 Å². The first-order valence-corrected chi connectivity index (χ1v) is 5.75. The summed E-state index contributed by atoms with van der Waals surface area (Å²) in [6.45, 7) is 2.25. The maximum Gasteiger partial charge on any atom is -0.0271 e. The zero-order chi connectivity index (χ0) is 9.52. The van der Waals surface area contributed by atoms with Gasteiger partial charge in [0.25, 0.3) is 0 Å². The van der Waals surface area contributed by atoms with Crippen LogP contribution >= 0.6 is 34.1 Å². The summed E-state index contributed by atoms with van der Waals surface area (Å²) in [6, 6.07) is 8.62. The van der Waals surface area contributed by atoms with Crippen LogP contribution in [0.1, 0.15) is 38.2 Å². The molecule has 0 aliphatic carbocycles. The highest BCUT2D eigenvalue weighted by Gasteiger charge is 1.95. The minimum absolute atomic E-state index is 0. The molecule has 0 radical (unpaired) electrons. The van der Waals surface area contributed by atoms with Crippen molar-refractivity contribution in [3.05, 3.63) is 29.8 Å². The molecule has 0 aliphatic heterocycles. The molecule has 0 spiro atoms. The van der Waals surface area contributed by atoms with Crippen molar-refractivity contribution in [1.82, 2.24) is 0 Å². The van der Waals surface area contributed by atoms with Crippen molar-refractivity contribution in [1.29, 1.82) is 0 Å². The van der Waals surface area contributed by atoms with Gasteiger partial charge in [-0.15, -0.1) is 34.1 Å². The lowest BCUT2D eigenvalue weighted by Gasteiger charge is -2.04. The summed E-state index contributed by atoms with van der Waals surface area (Å²) in [5.41, 5.74) is 1.49. The molecule has 0 nitrogen and oxygen atoms in total. The molecule has 0 saturated heterocycles. The normalized spacial score (nSPS) is 8.93. The number of aryl methyl sites for hydroxylation is 1. The Morgan fingerprint density at radius 3 is 2.27 bits per heavy atom. The molecule has 0 N–H and O–H groups in total. The van der Waals surface area contributed by atoms with Gasteiger partial charge in [0.2, 0.25) is 0 Å². The number of rotatable bonds is 5. The van der Waals surface area contributed by atoms with Crippen LogP contribution in [0, 0.1) is 0 Å². The molecule has 1 unspecified atom stereocenters. The van der Waals surface area contributed by atoms with Crippen LogP contribution in [0.5, 0.6) is 0 Å². The van der Waals surface area contributed by atoms with Gasteiger partial charge < -0.3 is 0 Å². The Kier molecular flexibility index (Phi) is 12.6. The molecule has 0 saturated carbocycles. The van der Waals surface area contributed by atoms with Crippen molar-refractivity contribution in [2.24, 2.45) is 0 Å². The van der Waals surface area contributed by atoms with E-state index in [0.29, 0.717) is 0 Å². The molecule has 0 aliphatic rings. The SMILES string of the molecule is CCCCCCc1ccccc1P.Cl.Cl. The number of halogens is 2. The summed E-state index contributed by atoms with van der Waals surface area (Å²) in [6.07, 6.45) is 6.63. The molecule has 1 aromatic rings. The Balaban J connectivity index is 0. The third kappa shape index (κ3) is 7.17. The van der Waals surface area contributed by atoms with Gasteiger partial charge in [-0.1, -0.05) is 50.5 Å². The molecular formula is C12H21Cl2P. The topological polar surface area (TPSA) is 0 Å². The van der Waals surface area contributed by atoms with E-state index in [-0.39, 0.29) is 24.8 Å². The van der Waals surface area contributed by atoms with Gasteiger partial charge >= 0.3 is 0 Å². The van der Waals surface area contributed by atoms with Gasteiger partial charge in [0.15, 0.2) is 0 Å². The summed E-state index contributed by atoms with van der Waals surface area (Å²) >= 11 is 0. The van der Waals surface area contributed by atoms with E-state index in [0.717, 1.165) is 0 Å². The van der Waals surface area contributed by atoms with Crippen molar-refractivity contribution in [2.45, 2.75) is 39.0 Å². The van der Waals surface area contributed by atoms with Gasteiger partial charge in [0.1, 0.15) is 0 Å². The minimum atomic E-state index is 0. The van der Waals surface area contributed by atoms with E-state index in [2.05, 4.69) is 40.4 Å². The number of unbranched alkanes of at least 4 members (excludes halogenated alkanes) is 3. The van der Waals surface area contributed by atoms with Crippen LogP contribution in [0.4, 0.5) is 0 Å². The van der Waals surface area contributed by atoms with E-state index in [1.54, 1.807) is 0 Å². The van der Waals surface area contributed by atoms with Crippen LogP contribution in [0.2, 0.25) is 0 Å². The summed E-state index contributed by atoms with van der Waals surface area (Å²) in [5, 5.41) is 1.36. The average molecular weight is 267 g/mol. The van der Waals surface area contributed by atoms with E-state index in [1.807, 2.05) is 0 Å². The zero-order valence-electron chi connectivity index (χ0n) is 9.24. The Morgan fingerprint density at radius 2 is 1.67 bits per heavy atom. The largest absolute Gasteiger partial charge is 0.147 e. The van der Waals surface area contributed by atoms with Crippen LogP contribution in [0.25, 0.3) is 0 Å². The molecule has 0 fully saturated rings. The fourth-order valence-corrected chi connectivity index (χ4v) is 1.86. The molecule has 1 rings (SSSR count). The Bertz CT molecular complexity index is 251. The van der Waals surface area contributed by atoms with Gasteiger partial charge in [-0.05, 0) is 23.7 Å².